The molecule has 1 N–H and O–H groups in total. The molecule has 0 amide bonds. The van der Waals surface area contributed by atoms with Gasteiger partial charge in [-0.25, -0.2) is 4.39 Å². The smallest absolute Gasteiger partial charge is 0.174 e. The Morgan fingerprint density at radius 2 is 1.77 bits per heavy atom. The van der Waals surface area contributed by atoms with Gasteiger partial charge in [0.1, 0.15) is 5.82 Å². The van der Waals surface area contributed by atoms with Gasteiger partial charge in [-0.15, -0.1) is 0 Å². The number of piperazine rings is 1. The third-order valence-electron chi connectivity index (χ3n) is 5.09. The van der Waals surface area contributed by atoms with E-state index in [2.05, 4.69) is 20.2 Å². The van der Waals surface area contributed by atoms with Crippen LogP contribution >= 0.6 is 23.8 Å². The summed E-state index contributed by atoms with van der Waals surface area (Å²) in [6, 6.07) is 16.4. The summed E-state index contributed by atoms with van der Waals surface area (Å²) in [5, 5.41) is 9.19. The van der Waals surface area contributed by atoms with E-state index in [4.69, 9.17) is 23.8 Å². The molecule has 1 aliphatic rings. The van der Waals surface area contributed by atoms with Gasteiger partial charge in [0.05, 0.1) is 6.54 Å². The van der Waals surface area contributed by atoms with Crippen molar-refractivity contribution in [2.45, 2.75) is 13.1 Å². The number of benzene rings is 2. The highest BCUT2D eigenvalue weighted by atomic mass is 35.5. The largest absolute Gasteiger partial charge is 0.346 e. The molecule has 0 unspecified atom stereocenters. The molecule has 5 nitrogen and oxygen atoms in total. The number of nitrogens with one attached hydrogen (secondary N) is 1. The van der Waals surface area contributed by atoms with Gasteiger partial charge in [-0.1, -0.05) is 35.9 Å². The minimum Gasteiger partial charge on any atom is -0.346 e. The standard InChI is InChI=1S/C22H23ClFN5S/c23-19-6-4-17(5-7-19)16-29-9-8-21(26-29)25-22(30)28-12-10-27(11-13-28)15-18-2-1-3-20(24)14-18/h1-9,14H,10-13,15-16H2,(H,25,26,30). The maximum absolute atomic E-state index is 13.4. The van der Waals surface area contributed by atoms with Crippen molar-refractivity contribution in [2.24, 2.45) is 0 Å². The summed E-state index contributed by atoms with van der Waals surface area (Å²) in [6.45, 7) is 4.83. The van der Waals surface area contributed by atoms with Crippen LogP contribution < -0.4 is 5.32 Å². The lowest BCUT2D eigenvalue weighted by atomic mass is 10.2. The molecule has 2 aromatic carbocycles. The number of nitrogens with zero attached hydrogens (tertiary/aromatic N) is 4. The number of thiocarbonyl (C=S) groups is 1. The van der Waals surface area contributed by atoms with Gasteiger partial charge in [0.25, 0.3) is 0 Å². The van der Waals surface area contributed by atoms with Gasteiger partial charge in [-0.05, 0) is 47.6 Å². The summed E-state index contributed by atoms with van der Waals surface area (Å²) in [6.07, 6.45) is 1.93. The first kappa shape index (κ1) is 20.8. The van der Waals surface area contributed by atoms with E-state index in [1.165, 1.54) is 6.07 Å². The highest BCUT2D eigenvalue weighted by Gasteiger charge is 2.19. The van der Waals surface area contributed by atoms with E-state index >= 15 is 0 Å². The molecule has 30 heavy (non-hydrogen) atoms. The van der Waals surface area contributed by atoms with Gasteiger partial charge in [0.2, 0.25) is 0 Å². The van der Waals surface area contributed by atoms with Crippen molar-refractivity contribution in [1.82, 2.24) is 19.6 Å². The van der Waals surface area contributed by atoms with Crippen molar-refractivity contribution in [3.05, 3.63) is 82.8 Å². The second kappa shape index (κ2) is 9.55. The summed E-state index contributed by atoms with van der Waals surface area (Å²) in [5.41, 5.74) is 2.13. The van der Waals surface area contributed by atoms with Crippen LogP contribution in [0.1, 0.15) is 11.1 Å². The van der Waals surface area contributed by atoms with Crippen LogP contribution in [0.15, 0.2) is 60.8 Å². The lowest BCUT2D eigenvalue weighted by Gasteiger charge is -2.36. The van der Waals surface area contributed by atoms with E-state index in [1.54, 1.807) is 12.1 Å². The molecular weight excluding hydrogens is 421 g/mol. The Balaban J connectivity index is 1.26. The number of hydrogen-bond acceptors (Lipinski definition) is 3. The Hall–Kier alpha value is -2.48. The van der Waals surface area contributed by atoms with Crippen LogP contribution in [-0.4, -0.2) is 50.9 Å². The first-order valence-electron chi connectivity index (χ1n) is 9.86. The lowest BCUT2D eigenvalue weighted by Crippen LogP contribution is -2.49. The second-order valence-corrected chi connectivity index (χ2v) is 8.17. The molecule has 0 bridgehead atoms. The van der Waals surface area contributed by atoms with Crippen molar-refractivity contribution in [3.8, 4) is 0 Å². The minimum absolute atomic E-state index is 0.188. The molecule has 1 aliphatic heterocycles. The molecule has 8 heteroatoms. The average molecular weight is 444 g/mol. The highest BCUT2D eigenvalue weighted by Crippen LogP contribution is 2.13. The lowest BCUT2D eigenvalue weighted by molar-refractivity contribution is 0.177. The van der Waals surface area contributed by atoms with Crippen LogP contribution in [0, 0.1) is 5.82 Å². The van der Waals surface area contributed by atoms with E-state index in [9.17, 15) is 4.39 Å². The molecular formula is C22H23ClFN5S. The summed E-state index contributed by atoms with van der Waals surface area (Å²) >= 11 is 11.5. The molecule has 0 atom stereocenters. The van der Waals surface area contributed by atoms with Gasteiger partial charge >= 0.3 is 0 Å². The van der Waals surface area contributed by atoms with E-state index in [-0.39, 0.29) is 5.82 Å². The Labute approximate surface area is 186 Å². The fourth-order valence-corrected chi connectivity index (χ4v) is 3.90. The topological polar surface area (TPSA) is 36.3 Å². The monoisotopic (exact) mass is 443 g/mol. The SMILES string of the molecule is Fc1cccc(CN2CCN(C(=S)Nc3ccn(Cc4ccc(Cl)cc4)n3)CC2)c1. The molecule has 1 saturated heterocycles. The van der Waals surface area contributed by atoms with Crippen LogP contribution in [0.25, 0.3) is 0 Å². The number of halogens is 2. The van der Waals surface area contributed by atoms with Crippen LogP contribution in [-0.2, 0) is 13.1 Å². The Bertz CT molecular complexity index is 999. The van der Waals surface area contributed by atoms with Gasteiger partial charge in [0.15, 0.2) is 10.9 Å². The number of rotatable bonds is 5. The van der Waals surface area contributed by atoms with Crippen molar-refractivity contribution in [3.63, 3.8) is 0 Å². The first-order valence-corrected chi connectivity index (χ1v) is 10.6. The van der Waals surface area contributed by atoms with Gasteiger partial charge < -0.3 is 10.2 Å². The fraction of sp³-hybridized carbons (Fsp3) is 0.273. The van der Waals surface area contributed by atoms with Crippen molar-refractivity contribution in [2.75, 3.05) is 31.5 Å². The molecule has 0 saturated carbocycles. The zero-order chi connectivity index (χ0) is 20.9. The summed E-state index contributed by atoms with van der Waals surface area (Å²) < 4.78 is 15.2. The minimum atomic E-state index is -0.188. The Kier molecular flexibility index (Phi) is 6.62. The number of hydrogen-bond donors (Lipinski definition) is 1. The molecule has 0 aliphatic carbocycles. The molecule has 2 heterocycles. The number of aromatic nitrogens is 2. The Morgan fingerprint density at radius 3 is 2.50 bits per heavy atom. The van der Waals surface area contributed by atoms with Crippen LogP contribution in [0.4, 0.5) is 10.2 Å². The normalized spacial score (nSPS) is 14.7. The predicted octanol–water partition coefficient (Wildman–Crippen LogP) is 4.24. The molecule has 156 valence electrons. The van der Waals surface area contributed by atoms with E-state index in [1.807, 2.05) is 47.3 Å². The van der Waals surface area contributed by atoms with Crippen LogP contribution in [0.3, 0.4) is 0 Å². The van der Waals surface area contributed by atoms with Gasteiger partial charge in [-0.3, -0.25) is 9.58 Å². The van der Waals surface area contributed by atoms with Crippen molar-refractivity contribution in [1.29, 1.82) is 0 Å². The quantitative estimate of drug-likeness (QED) is 0.597. The molecule has 0 radical (unpaired) electrons. The predicted molar refractivity (Wildman–Crippen MR) is 122 cm³/mol. The third kappa shape index (κ3) is 5.56. The maximum atomic E-state index is 13.4. The van der Waals surface area contributed by atoms with E-state index in [0.717, 1.165) is 54.7 Å². The van der Waals surface area contributed by atoms with E-state index in [0.29, 0.717) is 11.7 Å². The summed E-state index contributed by atoms with van der Waals surface area (Å²) in [4.78, 5) is 4.46. The van der Waals surface area contributed by atoms with E-state index < -0.39 is 0 Å². The van der Waals surface area contributed by atoms with Crippen molar-refractivity contribution >= 4 is 34.7 Å². The second-order valence-electron chi connectivity index (χ2n) is 7.35. The first-order chi connectivity index (χ1) is 14.5. The molecule has 0 spiro atoms. The van der Waals surface area contributed by atoms with Gasteiger partial charge in [0, 0.05) is 50.0 Å². The molecule has 1 fully saturated rings. The average Bonchev–Trinajstić information content (AvgIpc) is 3.17. The maximum Gasteiger partial charge on any atom is 0.174 e. The summed E-state index contributed by atoms with van der Waals surface area (Å²) in [5.74, 6) is 0.545. The highest BCUT2D eigenvalue weighted by molar-refractivity contribution is 7.80. The fourth-order valence-electron chi connectivity index (χ4n) is 3.48. The Morgan fingerprint density at radius 1 is 1.00 bits per heavy atom. The molecule has 3 aromatic rings. The zero-order valence-electron chi connectivity index (χ0n) is 16.5. The van der Waals surface area contributed by atoms with Crippen LogP contribution in [0.5, 0.6) is 0 Å². The van der Waals surface area contributed by atoms with Crippen molar-refractivity contribution < 1.29 is 4.39 Å². The molecule has 4 rings (SSSR count). The third-order valence-corrected chi connectivity index (χ3v) is 5.70. The van der Waals surface area contributed by atoms with Crippen LogP contribution in [0.2, 0.25) is 5.02 Å². The van der Waals surface area contributed by atoms with Gasteiger partial charge in [-0.2, -0.15) is 5.10 Å². The zero-order valence-corrected chi connectivity index (χ0v) is 18.0. The number of anilines is 1. The summed E-state index contributed by atoms with van der Waals surface area (Å²) in [7, 11) is 0. The molecule has 1 aromatic heterocycles.